The highest BCUT2D eigenvalue weighted by Crippen LogP contribution is 2.38. The zero-order chi connectivity index (χ0) is 19.7. The van der Waals surface area contributed by atoms with Crippen LogP contribution in [0, 0.1) is 0 Å². The molecule has 2 aromatic rings. The Morgan fingerprint density at radius 3 is 2.72 bits per heavy atom. The number of carbonyl (C=O) groups excluding carboxylic acids is 1. The summed E-state index contributed by atoms with van der Waals surface area (Å²) in [6.07, 6.45) is 1.21. The number of rotatable bonds is 3. The van der Waals surface area contributed by atoms with E-state index in [1.165, 1.54) is 41.8 Å². The Hall–Kier alpha value is -2.31. The maximum atomic E-state index is 13.0. The van der Waals surface area contributed by atoms with Crippen LogP contribution >= 0.6 is 12.4 Å². The first-order valence-corrected chi connectivity index (χ1v) is 9.44. The van der Waals surface area contributed by atoms with Crippen molar-refractivity contribution < 1.29 is 18.0 Å². The Bertz CT molecular complexity index is 927. The van der Waals surface area contributed by atoms with Crippen molar-refractivity contribution in [1.82, 2.24) is 4.90 Å². The molecule has 2 aliphatic rings. The molecule has 1 unspecified atom stereocenters. The molecular weight excluding hydrogens is 401 g/mol. The molecule has 0 aromatic heterocycles. The second-order valence-electron chi connectivity index (χ2n) is 7.27. The number of benzene rings is 2. The first-order chi connectivity index (χ1) is 13.4. The molecule has 2 heterocycles. The van der Waals surface area contributed by atoms with E-state index in [2.05, 4.69) is 10.2 Å². The second-order valence-corrected chi connectivity index (χ2v) is 7.27. The van der Waals surface area contributed by atoms with E-state index >= 15 is 0 Å². The van der Waals surface area contributed by atoms with Crippen LogP contribution in [-0.4, -0.2) is 23.9 Å². The fourth-order valence-corrected chi connectivity index (χ4v) is 4.17. The average Bonchev–Trinajstić information content (AvgIpc) is 3.15. The van der Waals surface area contributed by atoms with Gasteiger partial charge in [-0.3, -0.25) is 9.69 Å². The Kier molecular flexibility index (Phi) is 6.34. The maximum Gasteiger partial charge on any atom is 0.416 e. The van der Waals surface area contributed by atoms with Gasteiger partial charge in [0.15, 0.2) is 0 Å². The van der Waals surface area contributed by atoms with Crippen LogP contribution in [0.3, 0.4) is 0 Å². The number of nitrogens with one attached hydrogen (secondary N) is 1. The first-order valence-electron chi connectivity index (χ1n) is 9.44. The largest absolute Gasteiger partial charge is 0.416 e. The van der Waals surface area contributed by atoms with Gasteiger partial charge in [0.25, 0.3) is 0 Å². The van der Waals surface area contributed by atoms with E-state index in [4.69, 9.17) is 0 Å². The van der Waals surface area contributed by atoms with Gasteiger partial charge in [-0.25, -0.2) is 0 Å². The highest BCUT2D eigenvalue weighted by Gasteiger charge is 2.32. The van der Waals surface area contributed by atoms with E-state index in [9.17, 15) is 18.0 Å². The molecule has 2 aliphatic heterocycles. The van der Waals surface area contributed by atoms with Crippen molar-refractivity contribution in [3.8, 4) is 0 Å². The quantitative estimate of drug-likeness (QED) is 0.665. The number of hydrogen-bond donors (Lipinski definition) is 1. The van der Waals surface area contributed by atoms with Gasteiger partial charge in [-0.05, 0) is 66.8 Å². The Labute approximate surface area is 174 Å². The zero-order valence-electron chi connectivity index (χ0n) is 15.7. The van der Waals surface area contributed by atoms with Crippen LogP contribution in [0.15, 0.2) is 48.5 Å². The third-order valence-electron chi connectivity index (χ3n) is 5.48. The van der Waals surface area contributed by atoms with Gasteiger partial charge in [-0.2, -0.15) is 13.2 Å². The first kappa shape index (κ1) is 21.4. The summed E-state index contributed by atoms with van der Waals surface area (Å²) in [6, 6.07) is 11.5. The molecule has 0 spiro atoms. The van der Waals surface area contributed by atoms with E-state index in [1.807, 2.05) is 18.2 Å². The molecule has 4 rings (SSSR count). The average molecular weight is 423 g/mol. The van der Waals surface area contributed by atoms with E-state index in [1.54, 1.807) is 0 Å². The predicted molar refractivity (Wildman–Crippen MR) is 110 cm³/mol. The molecule has 1 amide bonds. The summed E-state index contributed by atoms with van der Waals surface area (Å²) in [5.74, 6) is -0.448. The van der Waals surface area contributed by atoms with Gasteiger partial charge in [0, 0.05) is 24.4 Å². The van der Waals surface area contributed by atoms with Crippen molar-refractivity contribution in [3.63, 3.8) is 0 Å². The molecule has 7 heteroatoms. The lowest BCUT2D eigenvalue weighted by Crippen LogP contribution is -2.30. The van der Waals surface area contributed by atoms with Crippen LogP contribution in [0.5, 0.6) is 0 Å². The molecule has 1 N–H and O–H groups in total. The lowest BCUT2D eigenvalue weighted by atomic mass is 9.92. The van der Waals surface area contributed by atoms with E-state index in [0.29, 0.717) is 11.7 Å². The molecule has 3 nitrogen and oxygen atoms in total. The van der Waals surface area contributed by atoms with Crippen LogP contribution in [0.2, 0.25) is 0 Å². The molecule has 2 aromatic carbocycles. The molecule has 0 saturated carbocycles. The Morgan fingerprint density at radius 2 is 1.93 bits per heavy atom. The predicted octanol–water partition coefficient (Wildman–Crippen LogP) is 5.47. The minimum atomic E-state index is -4.46. The number of nitrogens with zero attached hydrogens (tertiary/aromatic N) is 1. The monoisotopic (exact) mass is 422 g/mol. The fourth-order valence-electron chi connectivity index (χ4n) is 4.17. The summed E-state index contributed by atoms with van der Waals surface area (Å²) in [5.41, 5.74) is 2.46. The number of halogens is 4. The number of alkyl halides is 3. The number of amides is 1. The summed E-state index contributed by atoms with van der Waals surface area (Å²) >= 11 is 0. The van der Waals surface area contributed by atoms with E-state index < -0.39 is 17.6 Å². The summed E-state index contributed by atoms with van der Waals surface area (Å²) in [4.78, 5) is 14.7. The summed E-state index contributed by atoms with van der Waals surface area (Å²) < 4.78 is 39.1. The molecular formula is C22H22ClF3N2O. The van der Waals surface area contributed by atoms with E-state index in [-0.39, 0.29) is 18.0 Å². The van der Waals surface area contributed by atoms with Gasteiger partial charge in [-0.1, -0.05) is 24.3 Å². The third kappa shape index (κ3) is 4.65. The van der Waals surface area contributed by atoms with Crippen molar-refractivity contribution in [1.29, 1.82) is 0 Å². The maximum absolute atomic E-state index is 13.0. The summed E-state index contributed by atoms with van der Waals surface area (Å²) in [7, 11) is 0. The van der Waals surface area contributed by atoms with Crippen LogP contribution in [0.25, 0.3) is 6.08 Å². The lowest BCUT2D eigenvalue weighted by molar-refractivity contribution is -0.137. The van der Waals surface area contributed by atoms with Gasteiger partial charge in [0.1, 0.15) is 0 Å². The highest BCUT2D eigenvalue weighted by molar-refractivity contribution is 6.02. The summed E-state index contributed by atoms with van der Waals surface area (Å²) in [5, 5.41) is 2.77. The molecule has 1 fully saturated rings. The van der Waals surface area contributed by atoms with Gasteiger partial charge in [-0.15, -0.1) is 12.4 Å². The Morgan fingerprint density at radius 1 is 1.14 bits per heavy atom. The molecule has 154 valence electrons. The van der Waals surface area contributed by atoms with Crippen molar-refractivity contribution >= 4 is 30.1 Å². The van der Waals surface area contributed by atoms with Gasteiger partial charge >= 0.3 is 6.18 Å². The van der Waals surface area contributed by atoms with Crippen molar-refractivity contribution in [3.05, 3.63) is 70.8 Å². The minimum absolute atomic E-state index is 0. The van der Waals surface area contributed by atoms with Gasteiger partial charge in [0.05, 0.1) is 5.56 Å². The fraction of sp³-hybridized carbons (Fsp3) is 0.318. The topological polar surface area (TPSA) is 32.3 Å². The SMILES string of the molecule is Cl.O=C(/C=C/c1ccccc1C(F)(F)F)Nc1ccc2c(c1)C1CCCN1CC2. The molecule has 29 heavy (non-hydrogen) atoms. The van der Waals surface area contributed by atoms with Crippen LogP contribution in [0.4, 0.5) is 18.9 Å². The number of carbonyl (C=O) groups is 1. The van der Waals surface area contributed by atoms with Crippen LogP contribution in [0.1, 0.15) is 41.1 Å². The molecule has 0 bridgehead atoms. The van der Waals surface area contributed by atoms with Crippen molar-refractivity contribution in [2.45, 2.75) is 31.5 Å². The van der Waals surface area contributed by atoms with Crippen LogP contribution in [-0.2, 0) is 17.4 Å². The number of fused-ring (bicyclic) bond motifs is 3. The third-order valence-corrected chi connectivity index (χ3v) is 5.48. The van der Waals surface area contributed by atoms with Crippen molar-refractivity contribution in [2.24, 2.45) is 0 Å². The normalized spacial score (nSPS) is 18.8. The van der Waals surface area contributed by atoms with E-state index in [0.717, 1.165) is 38.1 Å². The minimum Gasteiger partial charge on any atom is -0.323 e. The summed E-state index contributed by atoms with van der Waals surface area (Å²) in [6.45, 7) is 2.19. The van der Waals surface area contributed by atoms with Crippen LogP contribution < -0.4 is 5.32 Å². The molecule has 1 saturated heterocycles. The highest BCUT2D eigenvalue weighted by atomic mass is 35.5. The molecule has 0 radical (unpaired) electrons. The number of hydrogen-bond acceptors (Lipinski definition) is 2. The lowest BCUT2D eigenvalue weighted by Gasteiger charge is -2.32. The molecule has 1 atom stereocenters. The molecule has 0 aliphatic carbocycles. The smallest absolute Gasteiger partial charge is 0.323 e. The number of anilines is 1. The second kappa shape index (κ2) is 8.59. The zero-order valence-corrected chi connectivity index (χ0v) is 16.5. The van der Waals surface area contributed by atoms with Gasteiger partial charge < -0.3 is 5.32 Å². The Balaban J connectivity index is 0.00000240. The van der Waals surface area contributed by atoms with Crippen molar-refractivity contribution in [2.75, 3.05) is 18.4 Å². The standard InChI is InChI=1S/C22H21F3N2O.ClH/c23-22(24,25)19-5-2-1-4-16(19)8-10-21(28)26-17-9-7-15-11-13-27-12-3-6-20(27)18(15)14-17;/h1-2,4-5,7-10,14,20H,3,6,11-13H2,(H,26,28);1H/b10-8+;. The van der Waals surface area contributed by atoms with Gasteiger partial charge in [0.2, 0.25) is 5.91 Å².